The second-order valence-corrected chi connectivity index (χ2v) is 8.07. The second-order valence-electron chi connectivity index (χ2n) is 5.81. The zero-order valence-electron chi connectivity index (χ0n) is 16.6. The normalized spacial score (nSPS) is 11.5. The van der Waals surface area contributed by atoms with Crippen LogP contribution in [-0.2, 0) is 16.3 Å². The number of guanidine groups is 1. The lowest BCUT2D eigenvalue weighted by atomic mass is 10.1. The summed E-state index contributed by atoms with van der Waals surface area (Å²) in [5.41, 5.74) is 1.14. The van der Waals surface area contributed by atoms with Crippen LogP contribution in [0.1, 0.15) is 25.8 Å². The molecule has 27 heavy (non-hydrogen) atoms. The zero-order valence-corrected chi connectivity index (χ0v) is 19.7. The molecular formula is C18H32IN3O4S. The van der Waals surface area contributed by atoms with Crippen LogP contribution in [0.3, 0.4) is 0 Å². The third kappa shape index (κ3) is 11.3. The molecule has 0 aliphatic heterocycles. The average molecular weight is 513 g/mol. The van der Waals surface area contributed by atoms with Crippen LogP contribution >= 0.6 is 24.0 Å². The molecule has 0 amide bonds. The van der Waals surface area contributed by atoms with Crippen LogP contribution in [0.5, 0.6) is 11.5 Å². The van der Waals surface area contributed by atoms with Gasteiger partial charge in [-0.1, -0.05) is 6.07 Å². The van der Waals surface area contributed by atoms with E-state index < -0.39 is 9.84 Å². The summed E-state index contributed by atoms with van der Waals surface area (Å²) < 4.78 is 33.5. The van der Waals surface area contributed by atoms with E-state index in [1.54, 1.807) is 7.05 Å². The Kier molecular flexibility index (Phi) is 13.2. The van der Waals surface area contributed by atoms with Crippen molar-refractivity contribution in [2.24, 2.45) is 4.99 Å². The molecule has 1 rings (SSSR count). The monoisotopic (exact) mass is 513 g/mol. The molecule has 0 saturated carbocycles. The Labute approximate surface area is 180 Å². The summed E-state index contributed by atoms with van der Waals surface area (Å²) in [5.74, 6) is 2.35. The van der Waals surface area contributed by atoms with E-state index in [0.717, 1.165) is 23.5 Å². The van der Waals surface area contributed by atoms with Crippen molar-refractivity contribution in [3.63, 3.8) is 0 Å². The predicted octanol–water partition coefficient (Wildman–Crippen LogP) is 2.24. The molecule has 0 aromatic heterocycles. The molecule has 1 aromatic carbocycles. The van der Waals surface area contributed by atoms with Gasteiger partial charge >= 0.3 is 0 Å². The maximum absolute atomic E-state index is 11.1. The lowest BCUT2D eigenvalue weighted by Crippen LogP contribution is -2.39. The molecule has 0 bridgehead atoms. The van der Waals surface area contributed by atoms with Gasteiger partial charge in [0.2, 0.25) is 0 Å². The Morgan fingerprint density at radius 2 is 1.70 bits per heavy atom. The van der Waals surface area contributed by atoms with E-state index in [9.17, 15) is 8.42 Å². The van der Waals surface area contributed by atoms with Gasteiger partial charge in [-0.25, -0.2) is 8.42 Å². The fourth-order valence-corrected chi connectivity index (χ4v) is 3.01. The number of aliphatic imine (C=N–C) groups is 1. The molecule has 1 aromatic rings. The molecular weight excluding hydrogens is 481 g/mol. The fraction of sp³-hybridized carbons (Fsp3) is 0.611. The van der Waals surface area contributed by atoms with E-state index in [1.807, 2.05) is 32.0 Å². The topological polar surface area (TPSA) is 89.0 Å². The fourth-order valence-electron chi connectivity index (χ4n) is 2.34. The summed E-state index contributed by atoms with van der Waals surface area (Å²) in [6.45, 7) is 6.34. The molecule has 0 unspecified atom stereocenters. The Balaban J connectivity index is 0.00000676. The summed E-state index contributed by atoms with van der Waals surface area (Å²) in [6.07, 6.45) is 2.60. The van der Waals surface area contributed by atoms with Crippen molar-refractivity contribution in [2.75, 3.05) is 45.4 Å². The first-order valence-electron chi connectivity index (χ1n) is 8.90. The van der Waals surface area contributed by atoms with Gasteiger partial charge in [0.05, 0.1) is 19.0 Å². The molecule has 0 spiro atoms. The van der Waals surface area contributed by atoms with Gasteiger partial charge in [-0.3, -0.25) is 4.99 Å². The van der Waals surface area contributed by atoms with Gasteiger partial charge < -0.3 is 20.1 Å². The van der Waals surface area contributed by atoms with E-state index in [-0.39, 0.29) is 29.7 Å². The largest absolute Gasteiger partial charge is 0.490 e. The Morgan fingerprint density at radius 3 is 2.30 bits per heavy atom. The molecule has 0 saturated heterocycles. The number of rotatable bonds is 11. The van der Waals surface area contributed by atoms with Gasteiger partial charge in [0.25, 0.3) is 0 Å². The highest BCUT2D eigenvalue weighted by molar-refractivity contribution is 14.0. The van der Waals surface area contributed by atoms with Crippen LogP contribution in [0.25, 0.3) is 0 Å². The maximum Gasteiger partial charge on any atom is 0.190 e. The first kappa shape index (κ1) is 25.8. The van der Waals surface area contributed by atoms with Gasteiger partial charge in [0.15, 0.2) is 17.5 Å². The van der Waals surface area contributed by atoms with Crippen LogP contribution in [0.4, 0.5) is 0 Å². The summed E-state index contributed by atoms with van der Waals surface area (Å²) in [5, 5.41) is 6.34. The number of hydrogen-bond donors (Lipinski definition) is 2. The number of ether oxygens (including phenoxy) is 2. The average Bonchev–Trinajstić information content (AvgIpc) is 2.58. The number of nitrogens with one attached hydrogen (secondary N) is 2. The Morgan fingerprint density at radius 1 is 1.07 bits per heavy atom. The Hall–Kier alpha value is -1.23. The summed E-state index contributed by atoms with van der Waals surface area (Å²) in [6, 6.07) is 5.96. The van der Waals surface area contributed by atoms with E-state index in [2.05, 4.69) is 15.6 Å². The highest BCUT2D eigenvalue weighted by Crippen LogP contribution is 2.28. The standard InChI is InChI=1S/C18H31N3O4S.HI/c1-5-24-16-9-8-15(14-17(16)25-6-2)10-12-21-18(19-3)20-11-7-13-26(4,22)23;/h8-9,14H,5-7,10-13H2,1-4H3,(H2,19,20,21);1H. The quantitative estimate of drug-likeness (QED) is 0.204. The Bertz CT molecular complexity index is 681. The highest BCUT2D eigenvalue weighted by Gasteiger charge is 2.07. The van der Waals surface area contributed by atoms with Crippen LogP contribution in [0.2, 0.25) is 0 Å². The highest BCUT2D eigenvalue weighted by atomic mass is 127. The van der Waals surface area contributed by atoms with Crippen LogP contribution in [0.15, 0.2) is 23.2 Å². The van der Waals surface area contributed by atoms with Crippen LogP contribution in [-0.4, -0.2) is 59.7 Å². The molecule has 0 aliphatic carbocycles. The molecule has 9 heteroatoms. The number of hydrogen-bond acceptors (Lipinski definition) is 5. The third-order valence-corrected chi connectivity index (χ3v) is 4.55. The predicted molar refractivity (Wildman–Crippen MR) is 122 cm³/mol. The molecule has 0 atom stereocenters. The minimum absolute atomic E-state index is 0. The summed E-state index contributed by atoms with van der Waals surface area (Å²) in [7, 11) is -1.23. The molecule has 0 radical (unpaired) electrons. The van der Waals surface area contributed by atoms with Gasteiger partial charge in [-0.05, 0) is 44.4 Å². The van der Waals surface area contributed by atoms with Crippen molar-refractivity contribution in [3.05, 3.63) is 23.8 Å². The van der Waals surface area contributed by atoms with Gasteiger partial charge in [0.1, 0.15) is 9.84 Å². The lowest BCUT2D eigenvalue weighted by molar-refractivity contribution is 0.287. The van der Waals surface area contributed by atoms with Gasteiger partial charge in [0, 0.05) is 26.4 Å². The molecule has 0 fully saturated rings. The van der Waals surface area contributed by atoms with E-state index in [1.165, 1.54) is 6.26 Å². The van der Waals surface area contributed by atoms with Gasteiger partial charge in [-0.2, -0.15) is 0 Å². The first-order chi connectivity index (χ1) is 12.4. The third-order valence-electron chi connectivity index (χ3n) is 3.52. The number of nitrogens with zero attached hydrogens (tertiary/aromatic N) is 1. The molecule has 0 heterocycles. The number of sulfone groups is 1. The maximum atomic E-state index is 11.1. The van der Waals surface area contributed by atoms with Crippen LogP contribution < -0.4 is 20.1 Å². The van der Waals surface area contributed by atoms with Crippen LogP contribution in [0, 0.1) is 0 Å². The number of halogens is 1. The zero-order chi connectivity index (χ0) is 19.4. The van der Waals surface area contributed by atoms with Gasteiger partial charge in [-0.15, -0.1) is 24.0 Å². The van der Waals surface area contributed by atoms with Crippen molar-refractivity contribution in [1.29, 1.82) is 0 Å². The van der Waals surface area contributed by atoms with E-state index >= 15 is 0 Å². The van der Waals surface area contributed by atoms with Crippen molar-refractivity contribution in [1.82, 2.24) is 10.6 Å². The van der Waals surface area contributed by atoms with Crippen molar-refractivity contribution >= 4 is 39.8 Å². The van der Waals surface area contributed by atoms with E-state index in [4.69, 9.17) is 9.47 Å². The summed E-state index contributed by atoms with van der Waals surface area (Å²) >= 11 is 0. The number of benzene rings is 1. The lowest BCUT2D eigenvalue weighted by Gasteiger charge is -2.14. The minimum atomic E-state index is -2.92. The summed E-state index contributed by atoms with van der Waals surface area (Å²) in [4.78, 5) is 4.14. The molecule has 2 N–H and O–H groups in total. The molecule has 0 aliphatic rings. The van der Waals surface area contributed by atoms with Crippen molar-refractivity contribution < 1.29 is 17.9 Å². The molecule has 7 nitrogen and oxygen atoms in total. The molecule has 156 valence electrons. The smallest absolute Gasteiger partial charge is 0.190 e. The van der Waals surface area contributed by atoms with Crippen molar-refractivity contribution in [2.45, 2.75) is 26.7 Å². The SMILES string of the molecule is CCOc1ccc(CCNC(=NC)NCCCS(C)(=O)=O)cc1OCC.I. The first-order valence-corrected chi connectivity index (χ1v) is 11.0. The van der Waals surface area contributed by atoms with Crippen molar-refractivity contribution in [3.8, 4) is 11.5 Å². The second kappa shape index (κ2) is 13.9. The minimum Gasteiger partial charge on any atom is -0.490 e. The van der Waals surface area contributed by atoms with E-state index in [0.29, 0.717) is 38.7 Å².